The van der Waals surface area contributed by atoms with Crippen LogP contribution >= 0.6 is 0 Å². The summed E-state index contributed by atoms with van der Waals surface area (Å²) in [6, 6.07) is 2.42. The summed E-state index contributed by atoms with van der Waals surface area (Å²) in [5.74, 6) is -0.776. The minimum atomic E-state index is -2.15. The van der Waals surface area contributed by atoms with Gasteiger partial charge in [-0.15, -0.1) is 0 Å². The molecule has 0 fully saturated rings. The van der Waals surface area contributed by atoms with E-state index in [2.05, 4.69) is 20.8 Å². The topological polar surface area (TPSA) is 9.23 Å². The van der Waals surface area contributed by atoms with Gasteiger partial charge in [0.2, 0.25) is 0 Å². The van der Waals surface area contributed by atoms with Crippen molar-refractivity contribution in [3.8, 4) is 5.75 Å². The molecule has 0 heterocycles. The van der Waals surface area contributed by atoms with E-state index in [-0.39, 0.29) is 10.8 Å². The van der Waals surface area contributed by atoms with E-state index in [1.807, 2.05) is 20.0 Å². The summed E-state index contributed by atoms with van der Waals surface area (Å²) in [6.45, 7) is 12.2. The lowest BCUT2D eigenvalue weighted by Crippen LogP contribution is -2.44. The van der Waals surface area contributed by atoms with Crippen molar-refractivity contribution < 1.29 is 13.2 Å². The molecular weight excluding hydrogens is 262 g/mol. The van der Waals surface area contributed by atoms with Crippen molar-refractivity contribution in [2.24, 2.45) is 0 Å². The van der Waals surface area contributed by atoms with E-state index >= 15 is 0 Å². The first-order chi connectivity index (χ1) is 8.58. The fraction of sp³-hybridized carbons (Fsp3) is 0.600. The van der Waals surface area contributed by atoms with E-state index in [9.17, 15) is 8.78 Å². The Kier molecular flexibility index (Phi) is 4.77. The molecule has 0 atom stereocenters. The van der Waals surface area contributed by atoms with Gasteiger partial charge in [-0.25, -0.2) is 8.78 Å². The number of halogens is 2. The van der Waals surface area contributed by atoms with Crippen LogP contribution < -0.4 is 4.43 Å². The van der Waals surface area contributed by atoms with Crippen LogP contribution in [-0.2, 0) is 6.42 Å². The molecule has 0 saturated carbocycles. The van der Waals surface area contributed by atoms with Gasteiger partial charge in [-0.05, 0) is 36.2 Å². The van der Waals surface area contributed by atoms with Gasteiger partial charge in [-0.1, -0.05) is 34.1 Å². The van der Waals surface area contributed by atoms with Gasteiger partial charge in [0.15, 0.2) is 5.82 Å². The van der Waals surface area contributed by atoms with Crippen LogP contribution in [0.5, 0.6) is 5.75 Å². The number of benzene rings is 1. The Morgan fingerprint density at radius 1 is 1.16 bits per heavy atom. The molecule has 1 aromatic rings. The molecule has 1 rings (SSSR count). The van der Waals surface area contributed by atoms with Crippen LogP contribution in [0.25, 0.3) is 0 Å². The maximum absolute atomic E-state index is 14.3. The summed E-state index contributed by atoms with van der Waals surface area (Å²) in [4.78, 5) is 0. The second-order valence-corrected chi connectivity index (χ2v) is 11.2. The third-order valence-corrected chi connectivity index (χ3v) is 8.11. The second kappa shape index (κ2) is 5.61. The minimum Gasteiger partial charge on any atom is -0.541 e. The molecule has 0 radical (unpaired) electrons. The molecule has 0 aliphatic rings. The zero-order valence-electron chi connectivity index (χ0n) is 12.7. The predicted molar refractivity (Wildman–Crippen MR) is 78.2 cm³/mol. The van der Waals surface area contributed by atoms with Crippen LogP contribution in [0.15, 0.2) is 12.1 Å². The van der Waals surface area contributed by atoms with Crippen molar-refractivity contribution in [1.82, 2.24) is 0 Å². The zero-order chi connectivity index (χ0) is 14.8. The lowest BCUT2D eigenvalue weighted by Gasteiger charge is -2.36. The van der Waals surface area contributed by atoms with Gasteiger partial charge in [0.25, 0.3) is 8.32 Å². The Hall–Kier alpha value is -0.903. The molecule has 0 aromatic heterocycles. The van der Waals surface area contributed by atoms with Crippen molar-refractivity contribution >= 4 is 8.32 Å². The third-order valence-electron chi connectivity index (χ3n) is 3.77. The lowest BCUT2D eigenvalue weighted by molar-refractivity contribution is 0.447. The molecule has 108 valence electrons. The van der Waals surface area contributed by atoms with E-state index in [1.54, 1.807) is 0 Å². The molecule has 19 heavy (non-hydrogen) atoms. The summed E-state index contributed by atoms with van der Waals surface area (Å²) in [5, 5.41) is -0.0450. The molecule has 0 N–H and O–H groups in total. The van der Waals surface area contributed by atoms with Crippen LogP contribution in [-0.4, -0.2) is 8.32 Å². The highest BCUT2D eigenvalue weighted by Gasteiger charge is 2.39. The Morgan fingerprint density at radius 3 is 2.21 bits per heavy atom. The molecule has 0 aliphatic heterocycles. The zero-order valence-corrected chi connectivity index (χ0v) is 13.7. The molecule has 4 heteroatoms. The first-order valence-corrected chi connectivity index (χ1v) is 9.66. The SMILES string of the molecule is CCCc1cc(F)cc(O[Si](C)(C)C(C)(C)C)c1F. The molecule has 1 nitrogen and oxygen atoms in total. The molecule has 0 saturated heterocycles. The maximum atomic E-state index is 14.3. The smallest absolute Gasteiger partial charge is 0.250 e. The molecule has 0 spiro atoms. The van der Waals surface area contributed by atoms with Crippen LogP contribution in [0.1, 0.15) is 39.7 Å². The average molecular weight is 286 g/mol. The van der Waals surface area contributed by atoms with Crippen molar-refractivity contribution in [3.05, 3.63) is 29.3 Å². The first kappa shape index (κ1) is 16.2. The van der Waals surface area contributed by atoms with Crippen molar-refractivity contribution in [1.29, 1.82) is 0 Å². The van der Waals surface area contributed by atoms with Crippen molar-refractivity contribution in [2.75, 3.05) is 0 Å². The normalized spacial score (nSPS) is 12.6. The average Bonchev–Trinajstić information content (AvgIpc) is 2.23. The van der Waals surface area contributed by atoms with E-state index in [0.717, 1.165) is 12.5 Å². The fourth-order valence-corrected chi connectivity index (χ4v) is 2.58. The Bertz CT molecular complexity index is 450. The van der Waals surface area contributed by atoms with Gasteiger partial charge >= 0.3 is 0 Å². The van der Waals surface area contributed by atoms with Crippen molar-refractivity contribution in [2.45, 2.75) is 58.7 Å². The number of aryl methyl sites for hydroxylation is 1. The van der Waals surface area contributed by atoms with E-state index in [1.165, 1.54) is 6.07 Å². The molecule has 1 aromatic carbocycles. The highest BCUT2D eigenvalue weighted by atomic mass is 28.4. The third kappa shape index (κ3) is 3.78. The van der Waals surface area contributed by atoms with Gasteiger partial charge in [0, 0.05) is 6.07 Å². The quantitative estimate of drug-likeness (QED) is 0.682. The summed E-state index contributed by atoms with van der Waals surface area (Å²) in [5.41, 5.74) is 0.399. The number of hydrogen-bond donors (Lipinski definition) is 0. The molecule has 0 unspecified atom stereocenters. The molecule has 0 aliphatic carbocycles. The Balaban J connectivity index is 3.15. The van der Waals surface area contributed by atoms with Gasteiger partial charge in [-0.2, -0.15) is 0 Å². The summed E-state index contributed by atoms with van der Waals surface area (Å²) < 4.78 is 33.7. The van der Waals surface area contributed by atoms with Gasteiger partial charge in [0.05, 0.1) is 0 Å². The predicted octanol–water partition coefficient (Wildman–Crippen LogP) is 5.30. The summed E-state index contributed by atoms with van der Waals surface area (Å²) in [7, 11) is -2.15. The highest BCUT2D eigenvalue weighted by Crippen LogP contribution is 2.38. The highest BCUT2D eigenvalue weighted by molar-refractivity contribution is 6.74. The van der Waals surface area contributed by atoms with E-state index < -0.39 is 20.0 Å². The Labute approximate surface area is 116 Å². The van der Waals surface area contributed by atoms with Crippen LogP contribution in [0, 0.1) is 11.6 Å². The maximum Gasteiger partial charge on any atom is 0.250 e. The minimum absolute atomic E-state index is 0.0450. The second-order valence-electron chi connectivity index (χ2n) is 6.49. The van der Waals surface area contributed by atoms with Gasteiger partial charge in [-0.3, -0.25) is 0 Å². The van der Waals surface area contributed by atoms with Gasteiger partial charge < -0.3 is 4.43 Å². The summed E-state index contributed by atoms with van der Waals surface area (Å²) in [6.07, 6.45) is 1.30. The first-order valence-electron chi connectivity index (χ1n) is 6.75. The fourth-order valence-electron chi connectivity index (χ4n) is 1.57. The van der Waals surface area contributed by atoms with Crippen molar-refractivity contribution in [3.63, 3.8) is 0 Å². The van der Waals surface area contributed by atoms with Crippen LogP contribution in [0.4, 0.5) is 8.78 Å². The molecule has 0 amide bonds. The molecular formula is C15H24F2OSi. The Morgan fingerprint density at radius 2 is 1.74 bits per heavy atom. The van der Waals surface area contributed by atoms with Gasteiger partial charge in [0.1, 0.15) is 11.6 Å². The van der Waals surface area contributed by atoms with Crippen LogP contribution in [0.2, 0.25) is 18.1 Å². The van der Waals surface area contributed by atoms with E-state index in [0.29, 0.717) is 12.0 Å². The lowest BCUT2D eigenvalue weighted by atomic mass is 10.1. The largest absolute Gasteiger partial charge is 0.541 e. The number of hydrogen-bond acceptors (Lipinski definition) is 1. The monoisotopic (exact) mass is 286 g/mol. The standard InChI is InChI=1S/C15H24F2OSi/c1-7-8-11-9-12(16)10-13(14(11)17)18-19(5,6)15(2,3)4/h9-10H,7-8H2,1-6H3. The van der Waals surface area contributed by atoms with Crippen LogP contribution in [0.3, 0.4) is 0 Å². The van der Waals surface area contributed by atoms with E-state index in [4.69, 9.17) is 4.43 Å². The molecule has 0 bridgehead atoms. The summed E-state index contributed by atoms with van der Waals surface area (Å²) >= 11 is 0. The number of rotatable bonds is 4.